The van der Waals surface area contributed by atoms with Crippen molar-refractivity contribution in [3.05, 3.63) is 40.4 Å². The average molecular weight is 443 g/mol. The lowest BCUT2D eigenvalue weighted by atomic mass is 10.2. The van der Waals surface area contributed by atoms with Crippen molar-refractivity contribution in [1.29, 1.82) is 0 Å². The van der Waals surface area contributed by atoms with Crippen LogP contribution in [0.5, 0.6) is 5.75 Å². The lowest BCUT2D eigenvalue weighted by molar-refractivity contribution is 0.102. The first-order valence-corrected chi connectivity index (χ1v) is 11.0. The zero-order valence-corrected chi connectivity index (χ0v) is 17.7. The maximum absolute atomic E-state index is 12.7. The second-order valence-corrected chi connectivity index (χ2v) is 9.30. The van der Waals surface area contributed by atoms with Crippen LogP contribution < -0.4 is 10.1 Å². The number of aromatic nitrogens is 1. The number of carbonyl (C=O) groups is 2. The molecule has 0 bridgehead atoms. The summed E-state index contributed by atoms with van der Waals surface area (Å²) < 4.78 is 18.3. The van der Waals surface area contributed by atoms with Gasteiger partial charge in [0.15, 0.2) is 5.13 Å². The first-order valence-electron chi connectivity index (χ1n) is 8.37. The molecule has 2 amide bonds. The van der Waals surface area contributed by atoms with Crippen molar-refractivity contribution in [2.75, 3.05) is 32.5 Å². The van der Waals surface area contributed by atoms with Crippen LogP contribution in [0, 0.1) is 0 Å². The Morgan fingerprint density at radius 1 is 1.29 bits per heavy atom. The van der Waals surface area contributed by atoms with Gasteiger partial charge in [0, 0.05) is 42.9 Å². The van der Waals surface area contributed by atoms with E-state index in [1.807, 2.05) is 0 Å². The molecule has 1 N–H and O–H groups in total. The lowest BCUT2D eigenvalue weighted by Crippen LogP contribution is -2.34. The average Bonchev–Trinajstić information content (AvgIpc) is 3.16. The van der Waals surface area contributed by atoms with Crippen molar-refractivity contribution < 1.29 is 18.5 Å². The second-order valence-electron chi connectivity index (χ2n) is 6.19. The van der Waals surface area contributed by atoms with Gasteiger partial charge in [0.1, 0.15) is 5.75 Å². The van der Waals surface area contributed by atoms with Crippen molar-refractivity contribution in [1.82, 2.24) is 14.3 Å². The lowest BCUT2D eigenvalue weighted by Gasteiger charge is -2.19. The third-order valence-corrected chi connectivity index (χ3v) is 6.54. The Morgan fingerprint density at radius 2 is 2.04 bits per heavy atom. The second kappa shape index (κ2) is 8.99. The Kier molecular flexibility index (Phi) is 6.65. The van der Waals surface area contributed by atoms with Gasteiger partial charge in [0.2, 0.25) is 0 Å². The molecular formula is C17H19ClN4O4S2. The third-order valence-electron chi connectivity index (χ3n) is 3.97. The largest absolute Gasteiger partial charge is 0.415 e. The van der Waals surface area contributed by atoms with Crippen molar-refractivity contribution in [3.8, 4) is 5.75 Å². The number of halogens is 1. The molecular weight excluding hydrogens is 424 g/mol. The minimum Gasteiger partial charge on any atom is -0.409 e. The predicted octanol–water partition coefficient (Wildman–Crippen LogP) is 2.67. The zero-order chi connectivity index (χ0) is 20.3. The number of thiazole rings is 1. The van der Waals surface area contributed by atoms with Gasteiger partial charge in [0.25, 0.3) is 5.91 Å². The SMILES string of the molecule is CN(Cl)CCN(C)C(=O)Oc1ccccc1C(=O)Nc1nc2c(s1)CS(=O)C2. The van der Waals surface area contributed by atoms with Crippen LogP contribution in [0.2, 0.25) is 0 Å². The number of fused-ring (bicyclic) bond motifs is 1. The summed E-state index contributed by atoms with van der Waals surface area (Å²) in [4.78, 5) is 31.5. The first-order chi connectivity index (χ1) is 13.3. The molecule has 0 saturated carbocycles. The number of anilines is 1. The number of para-hydroxylation sites is 1. The first kappa shape index (κ1) is 20.7. The smallest absolute Gasteiger partial charge is 0.409 e. The number of nitrogens with zero attached hydrogens (tertiary/aromatic N) is 3. The summed E-state index contributed by atoms with van der Waals surface area (Å²) in [7, 11) is 2.37. The Balaban J connectivity index is 1.67. The molecule has 1 unspecified atom stereocenters. The van der Waals surface area contributed by atoms with E-state index in [1.54, 1.807) is 38.4 Å². The molecule has 2 aromatic rings. The highest BCUT2D eigenvalue weighted by Crippen LogP contribution is 2.31. The summed E-state index contributed by atoms with van der Waals surface area (Å²) in [6, 6.07) is 6.49. The summed E-state index contributed by atoms with van der Waals surface area (Å²) >= 11 is 7.06. The molecule has 1 aromatic carbocycles. The number of hydrogen-bond donors (Lipinski definition) is 1. The van der Waals surface area contributed by atoms with Crippen LogP contribution in [0.25, 0.3) is 0 Å². The highest BCUT2D eigenvalue weighted by Gasteiger charge is 2.24. The monoisotopic (exact) mass is 442 g/mol. The van der Waals surface area contributed by atoms with E-state index in [9.17, 15) is 13.8 Å². The van der Waals surface area contributed by atoms with E-state index < -0.39 is 22.8 Å². The van der Waals surface area contributed by atoms with Gasteiger partial charge in [-0.3, -0.25) is 14.3 Å². The van der Waals surface area contributed by atoms with Crippen LogP contribution in [-0.4, -0.2) is 57.7 Å². The van der Waals surface area contributed by atoms with Gasteiger partial charge in [0.05, 0.1) is 22.8 Å². The quantitative estimate of drug-likeness (QED) is 0.691. The predicted molar refractivity (Wildman–Crippen MR) is 109 cm³/mol. The van der Waals surface area contributed by atoms with Gasteiger partial charge in [-0.2, -0.15) is 0 Å². The van der Waals surface area contributed by atoms with Crippen LogP contribution in [0.3, 0.4) is 0 Å². The van der Waals surface area contributed by atoms with Gasteiger partial charge in [-0.05, 0) is 23.9 Å². The van der Waals surface area contributed by atoms with Crippen LogP contribution in [0.1, 0.15) is 20.9 Å². The maximum Gasteiger partial charge on any atom is 0.415 e. The fourth-order valence-electron chi connectivity index (χ4n) is 2.47. The Bertz CT molecular complexity index is 893. The number of ether oxygens (including phenoxy) is 1. The highest BCUT2D eigenvalue weighted by atomic mass is 35.5. The molecule has 3 rings (SSSR count). The fourth-order valence-corrected chi connectivity index (χ4v) is 5.14. The molecule has 1 aliphatic heterocycles. The molecule has 0 aliphatic carbocycles. The van der Waals surface area contributed by atoms with E-state index in [2.05, 4.69) is 10.3 Å². The molecule has 28 heavy (non-hydrogen) atoms. The van der Waals surface area contributed by atoms with Crippen LogP contribution >= 0.6 is 23.1 Å². The van der Waals surface area contributed by atoms with E-state index in [0.29, 0.717) is 29.7 Å². The molecule has 0 fully saturated rings. The van der Waals surface area contributed by atoms with Gasteiger partial charge >= 0.3 is 6.09 Å². The number of carbonyl (C=O) groups excluding carboxylic acids is 2. The van der Waals surface area contributed by atoms with E-state index in [1.165, 1.54) is 20.7 Å². The molecule has 11 heteroatoms. The number of benzene rings is 1. The number of nitrogens with one attached hydrogen (secondary N) is 1. The van der Waals surface area contributed by atoms with E-state index >= 15 is 0 Å². The van der Waals surface area contributed by atoms with Crippen LogP contribution in [0.15, 0.2) is 24.3 Å². The number of likely N-dealkylation sites (N-methyl/N-ethyl adjacent to an activating group) is 2. The van der Waals surface area contributed by atoms with Crippen molar-refractivity contribution in [2.24, 2.45) is 0 Å². The highest BCUT2D eigenvalue weighted by molar-refractivity contribution is 7.84. The molecule has 1 atom stereocenters. The third kappa shape index (κ3) is 5.07. The maximum atomic E-state index is 12.7. The molecule has 0 spiro atoms. The summed E-state index contributed by atoms with van der Waals surface area (Å²) in [5.41, 5.74) is 0.988. The minimum absolute atomic E-state index is 0.154. The van der Waals surface area contributed by atoms with Crippen molar-refractivity contribution in [3.63, 3.8) is 0 Å². The van der Waals surface area contributed by atoms with Crippen molar-refractivity contribution >= 4 is 51.0 Å². The Morgan fingerprint density at radius 3 is 2.75 bits per heavy atom. The minimum atomic E-state index is -0.903. The standard InChI is InChI=1S/C17H19ClN4O4S2/c1-21(7-8-22(2)18)17(24)26-13-6-4-3-5-11(13)15(23)20-16-19-12-9-28(25)10-14(12)27-16/h3-6H,7-10H2,1-2H3,(H,19,20,23). The Hall–Kier alpha value is -2.01. The molecule has 150 valence electrons. The van der Waals surface area contributed by atoms with E-state index in [-0.39, 0.29) is 11.3 Å². The zero-order valence-electron chi connectivity index (χ0n) is 15.3. The van der Waals surface area contributed by atoms with Gasteiger partial charge in [-0.15, -0.1) is 11.3 Å². The molecule has 0 radical (unpaired) electrons. The molecule has 0 saturated heterocycles. The molecule has 8 nitrogen and oxygen atoms in total. The van der Waals surface area contributed by atoms with Crippen molar-refractivity contribution in [2.45, 2.75) is 11.5 Å². The fraction of sp³-hybridized carbons (Fsp3) is 0.353. The summed E-state index contributed by atoms with van der Waals surface area (Å²) in [5.74, 6) is 0.613. The Labute approximate surface area is 174 Å². The molecule has 1 aromatic heterocycles. The number of rotatable bonds is 6. The van der Waals surface area contributed by atoms with E-state index in [0.717, 1.165) is 10.6 Å². The number of hydrogen-bond acceptors (Lipinski definition) is 7. The van der Waals surface area contributed by atoms with Gasteiger partial charge in [-0.1, -0.05) is 12.1 Å². The van der Waals surface area contributed by atoms with Gasteiger partial charge < -0.3 is 9.64 Å². The summed E-state index contributed by atoms with van der Waals surface area (Å²) in [6.45, 7) is 0.841. The normalized spacial score (nSPS) is 15.4. The van der Waals surface area contributed by atoms with Crippen LogP contribution in [0.4, 0.5) is 9.93 Å². The molecule has 1 aliphatic rings. The van der Waals surface area contributed by atoms with Gasteiger partial charge in [-0.25, -0.2) is 14.2 Å². The van der Waals surface area contributed by atoms with E-state index in [4.69, 9.17) is 16.5 Å². The summed E-state index contributed by atoms with van der Waals surface area (Å²) in [5, 5.41) is 3.17. The topological polar surface area (TPSA) is 91.8 Å². The molecule has 2 heterocycles. The summed E-state index contributed by atoms with van der Waals surface area (Å²) in [6.07, 6.45) is -0.588. The van der Waals surface area contributed by atoms with Crippen LogP contribution in [-0.2, 0) is 22.3 Å². The number of amides is 2.